The number of hydrazine groups is 1. The quantitative estimate of drug-likeness (QED) is 0.162. The summed E-state index contributed by atoms with van der Waals surface area (Å²) < 4.78 is 0. The van der Waals surface area contributed by atoms with E-state index in [1.54, 1.807) is 0 Å². The molecule has 0 unspecified atom stereocenters. The standard InChI is InChI=1S/C2H6N4OS/c3-1(7)6(5)2(4)8/h5H2,(H2,3,7)(H2,4,8). The lowest BCUT2D eigenvalue weighted by Gasteiger charge is -2.08. The molecule has 0 radical (unpaired) electrons. The number of nitrogens with zero attached hydrogens (tertiary/aromatic N) is 1. The van der Waals surface area contributed by atoms with E-state index in [0.717, 1.165) is 0 Å². The van der Waals surface area contributed by atoms with E-state index in [4.69, 9.17) is 11.6 Å². The number of urea groups is 1. The molecule has 0 atom stereocenters. The van der Waals surface area contributed by atoms with E-state index in [9.17, 15) is 4.79 Å². The Balaban J connectivity index is 3.83. The Morgan fingerprint density at radius 2 is 1.88 bits per heavy atom. The maximum Gasteiger partial charge on any atom is 0.335 e. The van der Waals surface area contributed by atoms with E-state index in [1.807, 2.05) is 0 Å². The molecule has 0 aliphatic rings. The van der Waals surface area contributed by atoms with Crippen molar-refractivity contribution < 1.29 is 4.79 Å². The van der Waals surface area contributed by atoms with Crippen molar-refractivity contribution in [3.8, 4) is 0 Å². The Morgan fingerprint density at radius 3 is 1.88 bits per heavy atom. The van der Waals surface area contributed by atoms with E-state index < -0.39 is 6.03 Å². The molecule has 0 saturated heterocycles. The molecule has 0 bridgehead atoms. The Kier molecular flexibility index (Phi) is 2.17. The van der Waals surface area contributed by atoms with Crippen molar-refractivity contribution in [2.45, 2.75) is 0 Å². The first kappa shape index (κ1) is 7.12. The van der Waals surface area contributed by atoms with Crippen LogP contribution in [0.2, 0.25) is 0 Å². The van der Waals surface area contributed by atoms with Crippen LogP contribution in [0.1, 0.15) is 0 Å². The summed E-state index contributed by atoms with van der Waals surface area (Å²) in [6.07, 6.45) is 0. The summed E-state index contributed by atoms with van der Waals surface area (Å²) in [6, 6.07) is -0.863. The summed E-state index contributed by atoms with van der Waals surface area (Å²) >= 11 is 4.27. The van der Waals surface area contributed by atoms with Crippen molar-refractivity contribution in [1.29, 1.82) is 0 Å². The highest BCUT2D eigenvalue weighted by molar-refractivity contribution is 7.80. The van der Waals surface area contributed by atoms with Crippen LogP contribution in [0.3, 0.4) is 0 Å². The van der Waals surface area contributed by atoms with Gasteiger partial charge in [0.2, 0.25) is 0 Å². The lowest BCUT2D eigenvalue weighted by Crippen LogP contribution is -2.48. The van der Waals surface area contributed by atoms with Crippen molar-refractivity contribution in [1.82, 2.24) is 5.01 Å². The van der Waals surface area contributed by atoms with E-state index >= 15 is 0 Å². The predicted octanol–water partition coefficient (Wildman–Crippen LogP) is -1.52. The van der Waals surface area contributed by atoms with Crippen molar-refractivity contribution in [2.75, 3.05) is 0 Å². The third-order valence-electron chi connectivity index (χ3n) is 0.475. The fraction of sp³-hybridized carbons (Fsp3) is 0. The molecule has 5 nitrogen and oxygen atoms in total. The van der Waals surface area contributed by atoms with Crippen molar-refractivity contribution >= 4 is 23.4 Å². The Labute approximate surface area is 51.4 Å². The van der Waals surface area contributed by atoms with Crippen molar-refractivity contribution in [3.63, 3.8) is 0 Å². The van der Waals surface area contributed by atoms with Gasteiger partial charge in [0.15, 0.2) is 5.11 Å². The van der Waals surface area contributed by atoms with Gasteiger partial charge in [-0.05, 0) is 12.2 Å². The number of carbonyl (C=O) groups excluding carboxylic acids is 1. The summed E-state index contributed by atoms with van der Waals surface area (Å²) in [4.78, 5) is 10.00. The molecular weight excluding hydrogens is 128 g/mol. The zero-order chi connectivity index (χ0) is 6.73. The van der Waals surface area contributed by atoms with Gasteiger partial charge < -0.3 is 11.5 Å². The molecule has 2 amide bonds. The van der Waals surface area contributed by atoms with Gasteiger partial charge in [0.1, 0.15) is 0 Å². The molecule has 46 valence electrons. The fourth-order valence-corrected chi connectivity index (χ4v) is 0.199. The van der Waals surface area contributed by atoms with Gasteiger partial charge in [-0.3, -0.25) is 0 Å². The largest absolute Gasteiger partial charge is 0.375 e. The first-order valence-corrected chi connectivity index (χ1v) is 2.10. The van der Waals surface area contributed by atoms with E-state index in [0.29, 0.717) is 5.01 Å². The van der Waals surface area contributed by atoms with Crippen molar-refractivity contribution in [3.05, 3.63) is 0 Å². The maximum absolute atomic E-state index is 10.00. The number of hydrogen-bond donors (Lipinski definition) is 3. The Bertz CT molecular complexity index is 109. The van der Waals surface area contributed by atoms with Crippen LogP contribution in [-0.2, 0) is 0 Å². The summed E-state index contributed by atoms with van der Waals surface area (Å²) in [5.41, 5.74) is 9.50. The number of primary amides is 1. The topological polar surface area (TPSA) is 98.4 Å². The number of hydrogen-bond acceptors (Lipinski definition) is 3. The molecular formula is C2H6N4OS. The second-order valence-electron chi connectivity index (χ2n) is 1.05. The monoisotopic (exact) mass is 134 g/mol. The van der Waals surface area contributed by atoms with Gasteiger partial charge in [0.25, 0.3) is 0 Å². The van der Waals surface area contributed by atoms with Crippen LogP contribution in [0.15, 0.2) is 0 Å². The third-order valence-corrected chi connectivity index (χ3v) is 0.672. The average molecular weight is 134 g/mol. The molecule has 0 aliphatic heterocycles. The second kappa shape index (κ2) is 2.43. The zero-order valence-electron chi connectivity index (χ0n) is 4.00. The number of nitrogens with two attached hydrogens (primary N) is 3. The van der Waals surface area contributed by atoms with Crippen LogP contribution in [0.25, 0.3) is 0 Å². The smallest absolute Gasteiger partial charge is 0.335 e. The maximum atomic E-state index is 10.00. The van der Waals surface area contributed by atoms with Crippen LogP contribution < -0.4 is 17.3 Å². The molecule has 0 spiro atoms. The van der Waals surface area contributed by atoms with Crippen LogP contribution in [0.5, 0.6) is 0 Å². The lowest BCUT2D eigenvalue weighted by molar-refractivity contribution is 0.231. The molecule has 0 saturated carbocycles. The van der Waals surface area contributed by atoms with Gasteiger partial charge in [-0.25, -0.2) is 15.6 Å². The minimum atomic E-state index is -0.863. The van der Waals surface area contributed by atoms with Gasteiger partial charge in [0.05, 0.1) is 0 Å². The van der Waals surface area contributed by atoms with Crippen LogP contribution in [0, 0.1) is 0 Å². The number of thiocarbonyl (C=S) groups is 1. The SMILES string of the molecule is NC(=O)N(N)C(N)=S. The molecule has 6 N–H and O–H groups in total. The zero-order valence-corrected chi connectivity index (χ0v) is 4.81. The fourth-order valence-electron chi connectivity index (χ4n) is 0.109. The number of carbonyl (C=O) groups is 1. The van der Waals surface area contributed by atoms with E-state index in [2.05, 4.69) is 18.0 Å². The molecule has 6 heteroatoms. The Morgan fingerprint density at radius 1 is 1.50 bits per heavy atom. The van der Waals surface area contributed by atoms with Crippen LogP contribution in [-0.4, -0.2) is 16.2 Å². The third kappa shape index (κ3) is 1.71. The summed E-state index contributed by atoms with van der Waals surface area (Å²) in [7, 11) is 0. The van der Waals surface area contributed by atoms with Gasteiger partial charge in [-0.1, -0.05) is 0 Å². The van der Waals surface area contributed by atoms with Crippen molar-refractivity contribution in [2.24, 2.45) is 17.3 Å². The van der Waals surface area contributed by atoms with Crippen LogP contribution in [0.4, 0.5) is 4.79 Å². The van der Waals surface area contributed by atoms with Gasteiger partial charge >= 0.3 is 6.03 Å². The highest BCUT2D eigenvalue weighted by atomic mass is 32.1. The van der Waals surface area contributed by atoms with Gasteiger partial charge in [0, 0.05) is 0 Å². The van der Waals surface area contributed by atoms with Gasteiger partial charge in [-0.2, -0.15) is 0 Å². The minimum Gasteiger partial charge on any atom is -0.375 e. The Hall–Kier alpha value is -0.880. The molecule has 0 aromatic rings. The molecule has 8 heavy (non-hydrogen) atoms. The second-order valence-corrected chi connectivity index (χ2v) is 1.46. The summed E-state index contributed by atoms with van der Waals surface area (Å²) in [5, 5.41) is 0.243. The highest BCUT2D eigenvalue weighted by Crippen LogP contribution is 1.72. The highest BCUT2D eigenvalue weighted by Gasteiger charge is 2.03. The average Bonchev–Trinajstić information content (AvgIpc) is 1.64. The molecule has 0 aliphatic carbocycles. The molecule has 0 aromatic heterocycles. The number of amides is 2. The summed E-state index contributed by atoms with van der Waals surface area (Å²) in [6.45, 7) is 0. The molecule has 0 aromatic carbocycles. The lowest BCUT2D eigenvalue weighted by atomic mass is 10.9. The van der Waals surface area contributed by atoms with Gasteiger partial charge in [-0.15, -0.1) is 0 Å². The minimum absolute atomic E-state index is 0.238. The first-order valence-electron chi connectivity index (χ1n) is 1.69. The van der Waals surface area contributed by atoms with Crippen LogP contribution >= 0.6 is 12.2 Å². The molecule has 0 heterocycles. The first-order chi connectivity index (χ1) is 3.55. The summed E-state index contributed by atoms with van der Waals surface area (Å²) in [5.74, 6) is 4.85. The van der Waals surface area contributed by atoms with E-state index in [-0.39, 0.29) is 5.11 Å². The molecule has 0 fully saturated rings. The number of rotatable bonds is 0. The predicted molar refractivity (Wildman–Crippen MR) is 32.4 cm³/mol. The van der Waals surface area contributed by atoms with E-state index in [1.165, 1.54) is 0 Å². The normalized spacial score (nSPS) is 8.12. The molecule has 0 rings (SSSR count).